The number of aliphatic hydroxyl groups is 1. The zero-order valence-corrected chi connectivity index (χ0v) is 9.30. The van der Waals surface area contributed by atoms with Gasteiger partial charge in [0, 0.05) is 11.1 Å². The van der Waals surface area contributed by atoms with E-state index in [1.807, 2.05) is 0 Å². The minimum absolute atomic E-state index is 0.00793. The van der Waals surface area contributed by atoms with E-state index in [2.05, 4.69) is 15.9 Å². The van der Waals surface area contributed by atoms with Crippen LogP contribution < -0.4 is 5.73 Å². The van der Waals surface area contributed by atoms with E-state index in [0.717, 1.165) is 0 Å². The van der Waals surface area contributed by atoms with Crippen LogP contribution in [-0.2, 0) is 6.42 Å². The number of rotatable bonds is 4. The quantitative estimate of drug-likeness (QED) is 0.867. The van der Waals surface area contributed by atoms with Crippen LogP contribution in [0.2, 0.25) is 0 Å². The second-order valence-electron chi connectivity index (χ2n) is 3.22. The Bertz CT molecular complexity index is 302. The van der Waals surface area contributed by atoms with Crippen LogP contribution in [0.5, 0.6) is 0 Å². The number of benzene rings is 1. The van der Waals surface area contributed by atoms with Crippen molar-refractivity contribution in [3.63, 3.8) is 0 Å². The fourth-order valence-corrected chi connectivity index (χ4v) is 1.55. The Morgan fingerprint density at radius 1 is 1.50 bits per heavy atom. The molecule has 0 heterocycles. The van der Waals surface area contributed by atoms with Gasteiger partial charge in [-0.1, -0.05) is 22.0 Å². The van der Waals surface area contributed by atoms with E-state index < -0.39 is 0 Å². The minimum Gasteiger partial charge on any atom is -0.396 e. The maximum Gasteiger partial charge on any atom is 0.127 e. The van der Waals surface area contributed by atoms with E-state index in [1.165, 1.54) is 6.07 Å². The molecule has 14 heavy (non-hydrogen) atoms. The lowest BCUT2D eigenvalue weighted by atomic mass is 10.00. The topological polar surface area (TPSA) is 46.2 Å². The average Bonchev–Trinajstić information content (AvgIpc) is 2.17. The van der Waals surface area contributed by atoms with Crippen LogP contribution in [0, 0.1) is 11.7 Å². The summed E-state index contributed by atoms with van der Waals surface area (Å²) in [7, 11) is 0. The van der Waals surface area contributed by atoms with E-state index in [4.69, 9.17) is 10.8 Å². The molecule has 0 aliphatic rings. The summed E-state index contributed by atoms with van der Waals surface area (Å²) in [5.74, 6) is -0.322. The lowest BCUT2D eigenvalue weighted by molar-refractivity contribution is 0.229. The third kappa shape index (κ3) is 3.04. The molecule has 0 radical (unpaired) electrons. The molecule has 0 aromatic heterocycles. The van der Waals surface area contributed by atoms with Crippen molar-refractivity contribution in [2.45, 2.75) is 6.42 Å². The highest BCUT2D eigenvalue weighted by Gasteiger charge is 2.09. The number of aliphatic hydroxyl groups excluding tert-OH is 1. The summed E-state index contributed by atoms with van der Waals surface area (Å²) < 4.78 is 14.0. The molecule has 0 aliphatic carbocycles. The minimum atomic E-state index is -0.258. The number of nitrogens with two attached hydrogens (primary N) is 1. The Morgan fingerprint density at radius 3 is 2.71 bits per heavy atom. The normalized spacial score (nSPS) is 12.9. The molecule has 4 heteroatoms. The molecule has 0 amide bonds. The highest BCUT2D eigenvalue weighted by atomic mass is 79.9. The first-order valence-corrected chi connectivity index (χ1v) is 5.21. The van der Waals surface area contributed by atoms with E-state index in [0.29, 0.717) is 23.0 Å². The van der Waals surface area contributed by atoms with Gasteiger partial charge in [-0.15, -0.1) is 0 Å². The van der Waals surface area contributed by atoms with Crippen LogP contribution in [0.4, 0.5) is 4.39 Å². The molecule has 3 N–H and O–H groups in total. The van der Waals surface area contributed by atoms with Gasteiger partial charge in [0.15, 0.2) is 0 Å². The summed E-state index contributed by atoms with van der Waals surface area (Å²) in [5.41, 5.74) is 6.01. The molecule has 0 saturated heterocycles. The van der Waals surface area contributed by atoms with Gasteiger partial charge in [0.1, 0.15) is 5.82 Å². The average molecular weight is 262 g/mol. The van der Waals surface area contributed by atoms with E-state index in [1.54, 1.807) is 12.1 Å². The van der Waals surface area contributed by atoms with Crippen molar-refractivity contribution in [1.29, 1.82) is 0 Å². The van der Waals surface area contributed by atoms with Crippen LogP contribution in [0.15, 0.2) is 22.7 Å². The fourth-order valence-electron chi connectivity index (χ4n) is 1.22. The van der Waals surface area contributed by atoms with Gasteiger partial charge in [0.2, 0.25) is 0 Å². The Balaban J connectivity index is 2.76. The molecule has 78 valence electrons. The largest absolute Gasteiger partial charge is 0.396 e. The van der Waals surface area contributed by atoms with Crippen LogP contribution in [0.1, 0.15) is 5.56 Å². The van der Waals surface area contributed by atoms with Gasteiger partial charge in [-0.2, -0.15) is 0 Å². The molecule has 1 unspecified atom stereocenters. The summed E-state index contributed by atoms with van der Waals surface area (Å²) in [5, 5.41) is 8.92. The zero-order chi connectivity index (χ0) is 10.6. The van der Waals surface area contributed by atoms with Crippen molar-refractivity contribution in [3.8, 4) is 0 Å². The molecule has 1 atom stereocenters. The van der Waals surface area contributed by atoms with E-state index in [-0.39, 0.29) is 18.3 Å². The lowest BCUT2D eigenvalue weighted by Gasteiger charge is -2.11. The molecule has 0 aliphatic heterocycles. The second-order valence-corrected chi connectivity index (χ2v) is 4.14. The first kappa shape index (κ1) is 11.6. The summed E-state index contributed by atoms with van der Waals surface area (Å²) in [4.78, 5) is 0. The highest BCUT2D eigenvalue weighted by Crippen LogP contribution is 2.17. The SMILES string of the molecule is NCC(CO)Cc1ccc(Br)cc1F. The van der Waals surface area contributed by atoms with Gasteiger partial charge in [-0.3, -0.25) is 0 Å². The van der Waals surface area contributed by atoms with Crippen molar-refractivity contribution < 1.29 is 9.50 Å². The third-order valence-electron chi connectivity index (χ3n) is 2.12. The molecule has 0 spiro atoms. The van der Waals surface area contributed by atoms with Gasteiger partial charge >= 0.3 is 0 Å². The third-order valence-corrected chi connectivity index (χ3v) is 2.61. The first-order valence-electron chi connectivity index (χ1n) is 4.42. The summed E-state index contributed by atoms with van der Waals surface area (Å²) >= 11 is 3.18. The van der Waals surface area contributed by atoms with E-state index in [9.17, 15) is 4.39 Å². The van der Waals surface area contributed by atoms with Gasteiger partial charge in [0.05, 0.1) is 0 Å². The molecule has 1 rings (SSSR count). The molecule has 0 fully saturated rings. The van der Waals surface area contributed by atoms with Crippen molar-refractivity contribution in [2.75, 3.05) is 13.2 Å². The maximum atomic E-state index is 13.3. The number of hydrogen-bond acceptors (Lipinski definition) is 2. The number of hydrogen-bond donors (Lipinski definition) is 2. The highest BCUT2D eigenvalue weighted by molar-refractivity contribution is 9.10. The van der Waals surface area contributed by atoms with Crippen molar-refractivity contribution >= 4 is 15.9 Å². The van der Waals surface area contributed by atoms with Crippen molar-refractivity contribution in [1.82, 2.24) is 0 Å². The van der Waals surface area contributed by atoms with Crippen LogP contribution in [-0.4, -0.2) is 18.3 Å². The summed E-state index contributed by atoms with van der Waals surface area (Å²) in [6.45, 7) is 0.359. The van der Waals surface area contributed by atoms with E-state index >= 15 is 0 Å². The summed E-state index contributed by atoms with van der Waals surface area (Å²) in [6, 6.07) is 4.90. The Kier molecular flexibility index (Phi) is 4.51. The molecule has 0 saturated carbocycles. The Labute approximate surface area is 91.1 Å². The molecular weight excluding hydrogens is 249 g/mol. The van der Waals surface area contributed by atoms with Gasteiger partial charge < -0.3 is 10.8 Å². The Morgan fingerprint density at radius 2 is 2.21 bits per heavy atom. The van der Waals surface area contributed by atoms with Gasteiger partial charge in [-0.25, -0.2) is 4.39 Å². The lowest BCUT2D eigenvalue weighted by Crippen LogP contribution is -2.20. The monoisotopic (exact) mass is 261 g/mol. The van der Waals surface area contributed by atoms with Gasteiger partial charge in [0.25, 0.3) is 0 Å². The van der Waals surface area contributed by atoms with Gasteiger partial charge in [-0.05, 0) is 36.6 Å². The zero-order valence-electron chi connectivity index (χ0n) is 7.71. The van der Waals surface area contributed by atoms with Crippen molar-refractivity contribution in [2.24, 2.45) is 11.7 Å². The van der Waals surface area contributed by atoms with Crippen LogP contribution >= 0.6 is 15.9 Å². The molecule has 1 aromatic rings. The van der Waals surface area contributed by atoms with Crippen LogP contribution in [0.25, 0.3) is 0 Å². The molecular formula is C10H13BrFNO. The second kappa shape index (κ2) is 5.44. The first-order chi connectivity index (χ1) is 6.67. The Hall–Kier alpha value is -0.450. The molecule has 0 bridgehead atoms. The summed E-state index contributed by atoms with van der Waals surface area (Å²) in [6.07, 6.45) is 0.478. The smallest absolute Gasteiger partial charge is 0.127 e. The van der Waals surface area contributed by atoms with Crippen LogP contribution in [0.3, 0.4) is 0 Å². The predicted octanol–water partition coefficient (Wildman–Crippen LogP) is 1.70. The number of halogens is 2. The predicted molar refractivity (Wildman–Crippen MR) is 57.4 cm³/mol. The molecule has 2 nitrogen and oxygen atoms in total. The van der Waals surface area contributed by atoms with Crippen molar-refractivity contribution in [3.05, 3.63) is 34.1 Å². The molecule has 1 aromatic carbocycles. The fraction of sp³-hybridized carbons (Fsp3) is 0.400. The standard InChI is InChI=1S/C10H13BrFNO/c11-9-2-1-8(10(12)4-9)3-7(5-13)6-14/h1-2,4,7,14H,3,5-6,13H2. The maximum absolute atomic E-state index is 13.3.